The summed E-state index contributed by atoms with van der Waals surface area (Å²) in [5.41, 5.74) is 2.53. The molecule has 3 aromatic rings. The zero-order chi connectivity index (χ0) is 17.4. The van der Waals surface area contributed by atoms with Crippen molar-refractivity contribution >= 4 is 34.5 Å². The first kappa shape index (κ1) is 16.1. The maximum absolute atomic E-state index is 6.04. The second-order valence-electron chi connectivity index (χ2n) is 6.48. The number of hydrogen-bond donors (Lipinski definition) is 0. The number of halogens is 1. The Morgan fingerprint density at radius 3 is 3.00 bits per heavy atom. The Bertz CT molecular complexity index is 896. The summed E-state index contributed by atoms with van der Waals surface area (Å²) in [5, 5.41) is 0.658. The minimum absolute atomic E-state index is 0.349. The average molecular weight is 358 g/mol. The van der Waals surface area contributed by atoms with Crippen molar-refractivity contribution in [1.82, 2.24) is 15.0 Å². The third-order valence-electron chi connectivity index (χ3n) is 4.70. The Hall–Kier alpha value is -2.34. The molecule has 25 heavy (non-hydrogen) atoms. The molecule has 0 amide bonds. The molecule has 4 rings (SSSR count). The molecule has 0 spiro atoms. The summed E-state index contributed by atoms with van der Waals surface area (Å²) >= 11 is 6.04. The largest absolute Gasteiger partial charge is 0.423 e. The van der Waals surface area contributed by atoms with Crippen LogP contribution in [0.5, 0.6) is 0 Å². The van der Waals surface area contributed by atoms with E-state index in [1.54, 1.807) is 6.33 Å². The number of benzene rings is 1. The summed E-state index contributed by atoms with van der Waals surface area (Å²) in [7, 11) is 2.09. The standard InChI is InChI=1S/C18H20ClN5O/c1-12-8-17(21-11-20-12)23(2)14-4-3-7-24(10-14)18-22-15-6-5-13(19)9-16(15)25-18/h5-6,8-9,11,14H,3-4,7,10H2,1-2H3. The Morgan fingerprint density at radius 1 is 1.28 bits per heavy atom. The van der Waals surface area contributed by atoms with Crippen molar-refractivity contribution in [1.29, 1.82) is 0 Å². The lowest BCUT2D eigenvalue weighted by Gasteiger charge is -2.37. The Kier molecular flexibility index (Phi) is 4.21. The highest BCUT2D eigenvalue weighted by molar-refractivity contribution is 6.31. The van der Waals surface area contributed by atoms with E-state index < -0.39 is 0 Å². The van der Waals surface area contributed by atoms with Gasteiger partial charge in [0, 0.05) is 49.0 Å². The highest BCUT2D eigenvalue weighted by atomic mass is 35.5. The van der Waals surface area contributed by atoms with Gasteiger partial charge in [-0.05, 0) is 31.9 Å². The predicted octanol–water partition coefficient (Wildman–Crippen LogP) is 3.68. The summed E-state index contributed by atoms with van der Waals surface area (Å²) in [4.78, 5) is 17.6. The van der Waals surface area contributed by atoms with Gasteiger partial charge in [0.05, 0.1) is 0 Å². The van der Waals surface area contributed by atoms with Crippen molar-refractivity contribution in [2.75, 3.05) is 29.9 Å². The van der Waals surface area contributed by atoms with E-state index in [-0.39, 0.29) is 0 Å². The number of rotatable bonds is 3. The molecule has 1 atom stereocenters. The van der Waals surface area contributed by atoms with Crippen LogP contribution in [0.2, 0.25) is 5.02 Å². The molecule has 7 heteroatoms. The number of nitrogens with zero attached hydrogens (tertiary/aromatic N) is 5. The van der Waals surface area contributed by atoms with Gasteiger partial charge in [0.1, 0.15) is 17.7 Å². The monoisotopic (exact) mass is 357 g/mol. The summed E-state index contributed by atoms with van der Waals surface area (Å²) < 4.78 is 5.93. The molecule has 1 aliphatic rings. The maximum atomic E-state index is 6.04. The van der Waals surface area contributed by atoms with E-state index in [4.69, 9.17) is 16.0 Å². The molecule has 1 saturated heterocycles. The van der Waals surface area contributed by atoms with Crippen LogP contribution in [0.3, 0.4) is 0 Å². The molecule has 130 valence electrons. The van der Waals surface area contributed by atoms with E-state index >= 15 is 0 Å². The topological polar surface area (TPSA) is 58.3 Å². The minimum Gasteiger partial charge on any atom is -0.423 e. The van der Waals surface area contributed by atoms with Gasteiger partial charge in [-0.25, -0.2) is 9.97 Å². The highest BCUT2D eigenvalue weighted by Crippen LogP contribution is 2.28. The fourth-order valence-electron chi connectivity index (χ4n) is 3.29. The molecule has 2 aromatic heterocycles. The first-order valence-corrected chi connectivity index (χ1v) is 8.80. The molecule has 3 heterocycles. The van der Waals surface area contributed by atoms with Crippen molar-refractivity contribution < 1.29 is 4.42 Å². The third kappa shape index (κ3) is 3.26. The molecule has 0 bridgehead atoms. The van der Waals surface area contributed by atoms with Gasteiger partial charge < -0.3 is 14.2 Å². The summed E-state index contributed by atoms with van der Waals surface area (Å²) in [6.45, 7) is 3.77. The van der Waals surface area contributed by atoms with E-state index in [9.17, 15) is 0 Å². The van der Waals surface area contributed by atoms with Gasteiger partial charge in [-0.2, -0.15) is 4.98 Å². The Balaban J connectivity index is 1.55. The number of fused-ring (bicyclic) bond motifs is 1. The van der Waals surface area contributed by atoms with Gasteiger partial charge in [-0.3, -0.25) is 0 Å². The predicted molar refractivity (Wildman–Crippen MR) is 99.4 cm³/mol. The summed E-state index contributed by atoms with van der Waals surface area (Å²) in [6, 6.07) is 8.56. The van der Waals surface area contributed by atoms with Crippen molar-refractivity contribution in [2.45, 2.75) is 25.8 Å². The van der Waals surface area contributed by atoms with E-state index in [1.807, 2.05) is 31.2 Å². The number of hydrogen-bond acceptors (Lipinski definition) is 6. The minimum atomic E-state index is 0.349. The second kappa shape index (κ2) is 6.52. The first-order chi connectivity index (χ1) is 12.1. The number of piperidine rings is 1. The van der Waals surface area contributed by atoms with Crippen LogP contribution in [0.4, 0.5) is 11.8 Å². The van der Waals surface area contributed by atoms with Gasteiger partial charge in [-0.1, -0.05) is 11.6 Å². The van der Waals surface area contributed by atoms with Crippen LogP contribution in [0.25, 0.3) is 11.1 Å². The van der Waals surface area contributed by atoms with Crippen LogP contribution in [-0.4, -0.2) is 41.1 Å². The molecular formula is C18H20ClN5O. The fourth-order valence-corrected chi connectivity index (χ4v) is 3.45. The highest BCUT2D eigenvalue weighted by Gasteiger charge is 2.27. The van der Waals surface area contributed by atoms with Crippen molar-refractivity contribution in [3.05, 3.63) is 41.3 Å². The lowest BCUT2D eigenvalue weighted by atomic mass is 10.0. The molecule has 0 aliphatic carbocycles. The van der Waals surface area contributed by atoms with Gasteiger partial charge >= 0.3 is 0 Å². The van der Waals surface area contributed by atoms with Crippen LogP contribution in [0, 0.1) is 6.92 Å². The molecule has 0 N–H and O–H groups in total. The molecule has 1 unspecified atom stereocenters. The Morgan fingerprint density at radius 2 is 2.16 bits per heavy atom. The van der Waals surface area contributed by atoms with E-state index in [1.165, 1.54) is 0 Å². The normalized spacial score (nSPS) is 17.9. The number of aryl methyl sites for hydroxylation is 1. The summed E-state index contributed by atoms with van der Waals surface area (Å²) in [5.74, 6) is 0.948. The van der Waals surface area contributed by atoms with Crippen LogP contribution < -0.4 is 9.80 Å². The molecule has 1 aliphatic heterocycles. The van der Waals surface area contributed by atoms with E-state index in [2.05, 4.69) is 31.8 Å². The molecule has 0 radical (unpaired) electrons. The van der Waals surface area contributed by atoms with Gasteiger partial charge in [-0.15, -0.1) is 0 Å². The van der Waals surface area contributed by atoms with E-state index in [0.717, 1.165) is 48.5 Å². The van der Waals surface area contributed by atoms with Crippen LogP contribution in [0.15, 0.2) is 35.0 Å². The van der Waals surface area contributed by atoms with Crippen molar-refractivity contribution in [3.63, 3.8) is 0 Å². The van der Waals surface area contributed by atoms with Crippen molar-refractivity contribution in [3.8, 4) is 0 Å². The fraction of sp³-hybridized carbons (Fsp3) is 0.389. The molecule has 0 saturated carbocycles. The molecule has 6 nitrogen and oxygen atoms in total. The van der Waals surface area contributed by atoms with Crippen LogP contribution in [0.1, 0.15) is 18.5 Å². The second-order valence-corrected chi connectivity index (χ2v) is 6.92. The Labute approximate surface area is 151 Å². The smallest absolute Gasteiger partial charge is 0.298 e. The molecular weight excluding hydrogens is 338 g/mol. The number of anilines is 2. The quantitative estimate of drug-likeness (QED) is 0.712. The number of aromatic nitrogens is 3. The zero-order valence-electron chi connectivity index (χ0n) is 14.3. The number of likely N-dealkylation sites (N-methyl/N-ethyl adjacent to an activating group) is 1. The zero-order valence-corrected chi connectivity index (χ0v) is 15.1. The van der Waals surface area contributed by atoms with E-state index in [0.29, 0.717) is 17.1 Å². The van der Waals surface area contributed by atoms with Gasteiger partial charge in [0.2, 0.25) is 0 Å². The average Bonchev–Trinajstić information content (AvgIpc) is 3.04. The first-order valence-electron chi connectivity index (χ1n) is 8.43. The van der Waals surface area contributed by atoms with Crippen LogP contribution >= 0.6 is 11.6 Å². The SMILES string of the molecule is Cc1cc(N(C)C2CCCN(c3nc4ccc(Cl)cc4o3)C2)ncn1. The van der Waals surface area contributed by atoms with Gasteiger partial charge in [0.15, 0.2) is 5.58 Å². The van der Waals surface area contributed by atoms with Crippen LogP contribution in [-0.2, 0) is 0 Å². The lowest BCUT2D eigenvalue weighted by molar-refractivity contribution is 0.454. The van der Waals surface area contributed by atoms with Crippen molar-refractivity contribution in [2.24, 2.45) is 0 Å². The number of oxazole rings is 1. The van der Waals surface area contributed by atoms with Gasteiger partial charge in [0.25, 0.3) is 6.01 Å². The third-order valence-corrected chi connectivity index (χ3v) is 4.94. The molecule has 1 aromatic carbocycles. The summed E-state index contributed by atoms with van der Waals surface area (Å²) in [6.07, 6.45) is 3.81. The lowest BCUT2D eigenvalue weighted by Crippen LogP contribution is -2.47. The maximum Gasteiger partial charge on any atom is 0.298 e. The molecule has 1 fully saturated rings.